The predicted molar refractivity (Wildman–Crippen MR) is 121 cm³/mol. The molecule has 2 aliphatic rings. The number of hydrogen-bond acceptors (Lipinski definition) is 5. The minimum atomic E-state index is -0.904. The van der Waals surface area contributed by atoms with Crippen LogP contribution in [0.5, 0.6) is 5.75 Å². The quantitative estimate of drug-likeness (QED) is 0.658. The highest BCUT2D eigenvalue weighted by Gasteiger charge is 2.53. The van der Waals surface area contributed by atoms with Crippen molar-refractivity contribution in [3.8, 4) is 5.75 Å². The van der Waals surface area contributed by atoms with E-state index in [0.717, 1.165) is 18.6 Å². The molecule has 0 unspecified atom stereocenters. The summed E-state index contributed by atoms with van der Waals surface area (Å²) in [5.74, 6) is 2.00. The van der Waals surface area contributed by atoms with Gasteiger partial charge in [-0.15, -0.1) is 0 Å². The number of hydrogen-bond donors (Lipinski definition) is 1. The molecule has 1 spiro atoms. The van der Waals surface area contributed by atoms with E-state index in [1.165, 1.54) is 10.5 Å². The van der Waals surface area contributed by atoms with Crippen LogP contribution in [0.3, 0.4) is 0 Å². The number of ether oxygens (including phenoxy) is 1. The molecular weight excluding hydrogens is 398 g/mol. The van der Waals surface area contributed by atoms with E-state index in [1.807, 2.05) is 12.1 Å². The van der Waals surface area contributed by atoms with Crippen LogP contribution in [0.4, 0.5) is 0 Å². The first-order valence-corrected chi connectivity index (χ1v) is 11.9. The van der Waals surface area contributed by atoms with Gasteiger partial charge < -0.3 is 9.84 Å². The van der Waals surface area contributed by atoms with E-state index < -0.39 is 11.5 Å². The van der Waals surface area contributed by atoms with Crippen molar-refractivity contribution >= 4 is 23.6 Å². The molecule has 0 aromatic heterocycles. The molecule has 2 atom stereocenters. The van der Waals surface area contributed by atoms with Crippen LogP contribution in [0.1, 0.15) is 59.4 Å². The Hall–Kier alpha value is -1.53. The molecule has 1 N–H and O–H groups in total. The second-order valence-corrected chi connectivity index (χ2v) is 11.8. The summed E-state index contributed by atoms with van der Waals surface area (Å²) in [6.45, 7) is 11.3. The van der Waals surface area contributed by atoms with Crippen molar-refractivity contribution in [2.45, 2.75) is 65.4 Å². The third-order valence-corrected chi connectivity index (χ3v) is 7.29. The summed E-state index contributed by atoms with van der Waals surface area (Å²) in [5.41, 5.74) is 1.01. The minimum Gasteiger partial charge on any atom is -0.491 e. The highest BCUT2D eigenvalue weighted by molar-refractivity contribution is 7.99. The van der Waals surface area contributed by atoms with Crippen LogP contribution in [-0.4, -0.2) is 52.6 Å². The molecule has 3 rings (SSSR count). The lowest BCUT2D eigenvalue weighted by Gasteiger charge is -2.33. The smallest absolute Gasteiger partial charge is 0.236 e. The first kappa shape index (κ1) is 23.1. The molecule has 2 fully saturated rings. The van der Waals surface area contributed by atoms with Crippen LogP contribution >= 0.6 is 11.8 Å². The first-order valence-electron chi connectivity index (χ1n) is 10.8. The lowest BCUT2D eigenvalue weighted by atomic mass is 9.72. The van der Waals surface area contributed by atoms with Crippen molar-refractivity contribution in [2.24, 2.45) is 10.8 Å². The Kier molecular flexibility index (Phi) is 6.59. The average Bonchev–Trinajstić information content (AvgIpc) is 3.19. The van der Waals surface area contributed by atoms with Crippen molar-refractivity contribution in [3.63, 3.8) is 0 Å². The maximum Gasteiger partial charge on any atom is 0.236 e. The Morgan fingerprint density at radius 2 is 1.83 bits per heavy atom. The number of imide groups is 1. The molecule has 1 aromatic carbocycles. The number of carbonyl (C=O) groups is 2. The zero-order valence-corrected chi connectivity index (χ0v) is 19.7. The van der Waals surface area contributed by atoms with E-state index in [0.29, 0.717) is 11.5 Å². The van der Waals surface area contributed by atoms with E-state index in [4.69, 9.17) is 4.74 Å². The van der Waals surface area contributed by atoms with E-state index in [1.54, 1.807) is 11.8 Å². The summed E-state index contributed by atoms with van der Waals surface area (Å²) in [4.78, 5) is 26.3. The van der Waals surface area contributed by atoms with Crippen molar-refractivity contribution in [1.82, 2.24) is 4.90 Å². The molecule has 0 bridgehead atoms. The summed E-state index contributed by atoms with van der Waals surface area (Å²) in [6, 6.07) is 7.98. The monoisotopic (exact) mass is 433 g/mol. The molecule has 0 radical (unpaired) electrons. The summed E-state index contributed by atoms with van der Waals surface area (Å²) in [5, 5.41) is 10.4. The maximum atomic E-state index is 12.7. The van der Waals surface area contributed by atoms with Crippen molar-refractivity contribution in [3.05, 3.63) is 29.8 Å². The highest BCUT2D eigenvalue weighted by Crippen LogP contribution is 2.45. The second-order valence-electron chi connectivity index (χ2n) is 10.7. The summed E-state index contributed by atoms with van der Waals surface area (Å²) < 4.78 is 5.73. The van der Waals surface area contributed by atoms with Gasteiger partial charge >= 0.3 is 0 Å². The Morgan fingerprint density at radius 1 is 1.17 bits per heavy atom. The summed E-state index contributed by atoms with van der Waals surface area (Å²) in [7, 11) is 0. The molecule has 166 valence electrons. The van der Waals surface area contributed by atoms with Gasteiger partial charge in [0.2, 0.25) is 11.8 Å². The number of amides is 2. The van der Waals surface area contributed by atoms with E-state index in [-0.39, 0.29) is 42.2 Å². The van der Waals surface area contributed by atoms with Crippen LogP contribution in [-0.2, 0) is 15.0 Å². The Labute approximate surface area is 184 Å². The molecule has 2 saturated heterocycles. The van der Waals surface area contributed by atoms with Gasteiger partial charge in [0.25, 0.3) is 0 Å². The lowest BCUT2D eigenvalue weighted by molar-refractivity contribution is -0.142. The van der Waals surface area contributed by atoms with Gasteiger partial charge in [-0.25, -0.2) is 0 Å². The third-order valence-electron chi connectivity index (χ3n) is 6.04. The molecule has 0 aliphatic carbocycles. The normalized spacial score (nSPS) is 23.5. The van der Waals surface area contributed by atoms with Crippen LogP contribution in [0.2, 0.25) is 0 Å². The number of benzene rings is 1. The van der Waals surface area contributed by atoms with Gasteiger partial charge in [0, 0.05) is 12.2 Å². The summed E-state index contributed by atoms with van der Waals surface area (Å²) in [6.07, 6.45) is 1.19. The Balaban J connectivity index is 1.53. The lowest BCUT2D eigenvalue weighted by Crippen LogP contribution is -2.41. The average molecular weight is 434 g/mol. The van der Waals surface area contributed by atoms with Gasteiger partial charge in [-0.05, 0) is 47.1 Å². The van der Waals surface area contributed by atoms with Gasteiger partial charge in [0.15, 0.2) is 0 Å². The molecule has 6 heteroatoms. The molecule has 0 saturated carbocycles. The molecule has 1 aromatic rings. The fraction of sp³-hybridized carbons (Fsp3) is 0.667. The van der Waals surface area contributed by atoms with Crippen LogP contribution in [0.25, 0.3) is 0 Å². The zero-order chi connectivity index (χ0) is 22.2. The predicted octanol–water partition coefficient (Wildman–Crippen LogP) is 4.02. The largest absolute Gasteiger partial charge is 0.491 e. The number of thioether (sulfide) groups is 1. The van der Waals surface area contributed by atoms with Gasteiger partial charge in [-0.3, -0.25) is 14.5 Å². The Bertz CT molecular complexity index is 775. The van der Waals surface area contributed by atoms with Crippen LogP contribution in [0, 0.1) is 10.8 Å². The SMILES string of the molecule is CC(C)(C)CC(C)(C)c1ccc(OC[C@H](O)CN2C(=O)C[C@]3(CCSC3)C2=O)cc1. The standard InChI is InChI=1S/C24H35NO4S/c1-22(2,3)15-23(4,5)17-6-8-19(9-7-17)29-14-18(26)13-25-20(27)12-24(21(25)28)10-11-30-16-24/h6-9,18,26H,10-16H2,1-5H3/t18-,24+/m1/s1. The topological polar surface area (TPSA) is 66.8 Å². The second kappa shape index (κ2) is 8.54. The number of nitrogens with zero attached hydrogens (tertiary/aromatic N) is 1. The maximum absolute atomic E-state index is 12.7. The van der Waals surface area contributed by atoms with E-state index in [2.05, 4.69) is 46.8 Å². The highest BCUT2D eigenvalue weighted by atomic mass is 32.2. The molecule has 30 heavy (non-hydrogen) atoms. The van der Waals surface area contributed by atoms with Crippen molar-refractivity contribution < 1.29 is 19.4 Å². The van der Waals surface area contributed by atoms with Gasteiger partial charge in [0.1, 0.15) is 18.5 Å². The van der Waals surface area contributed by atoms with Crippen LogP contribution in [0.15, 0.2) is 24.3 Å². The van der Waals surface area contributed by atoms with E-state index in [9.17, 15) is 14.7 Å². The van der Waals surface area contributed by atoms with E-state index >= 15 is 0 Å². The zero-order valence-electron chi connectivity index (χ0n) is 18.9. The number of carbonyl (C=O) groups excluding carboxylic acids is 2. The first-order chi connectivity index (χ1) is 13.9. The van der Waals surface area contributed by atoms with Gasteiger partial charge in [0.05, 0.1) is 12.0 Å². The fourth-order valence-electron chi connectivity index (χ4n) is 4.85. The molecule has 5 nitrogen and oxygen atoms in total. The number of rotatable bonds is 7. The third kappa shape index (κ3) is 5.20. The number of aliphatic hydroxyl groups excluding tert-OH is 1. The number of β-amino-alcohol motifs (C(OH)–C–C–N with tert-alkyl or cyclic N) is 1. The number of aliphatic hydroxyl groups is 1. The fourth-order valence-corrected chi connectivity index (χ4v) is 6.29. The Morgan fingerprint density at radius 3 is 2.40 bits per heavy atom. The van der Waals surface area contributed by atoms with Crippen LogP contribution < -0.4 is 4.74 Å². The van der Waals surface area contributed by atoms with Crippen molar-refractivity contribution in [1.29, 1.82) is 0 Å². The van der Waals surface area contributed by atoms with Crippen molar-refractivity contribution in [2.75, 3.05) is 24.7 Å². The van der Waals surface area contributed by atoms with Gasteiger partial charge in [-0.2, -0.15) is 11.8 Å². The molecule has 2 aliphatic heterocycles. The number of likely N-dealkylation sites (tertiary alicyclic amines) is 1. The van der Waals surface area contributed by atoms with Gasteiger partial charge in [-0.1, -0.05) is 46.8 Å². The molecule has 2 heterocycles. The molecule has 2 amide bonds. The summed E-state index contributed by atoms with van der Waals surface area (Å²) >= 11 is 1.72. The molecular formula is C24H35NO4S. The minimum absolute atomic E-state index is 0.000774.